The van der Waals surface area contributed by atoms with Crippen LogP contribution in [0.4, 0.5) is 17.1 Å². The van der Waals surface area contributed by atoms with Gasteiger partial charge in [0.05, 0.1) is 0 Å². The van der Waals surface area contributed by atoms with Gasteiger partial charge >= 0.3 is 0 Å². The second-order valence-corrected chi connectivity index (χ2v) is 16.9. The number of hydrogen-bond donors (Lipinski definition) is 0. The van der Waals surface area contributed by atoms with Crippen LogP contribution in [-0.2, 0) is 5.41 Å². The fourth-order valence-electron chi connectivity index (χ4n) is 10.2. The van der Waals surface area contributed by atoms with Crippen LogP contribution in [0, 0.1) is 0 Å². The Balaban J connectivity index is 1.13. The smallest absolute Gasteiger partial charge is 0.135 e. The van der Waals surface area contributed by atoms with Crippen molar-refractivity contribution in [2.75, 3.05) is 4.90 Å². The minimum absolute atomic E-state index is 0.222. The van der Waals surface area contributed by atoms with Gasteiger partial charge in [-0.15, -0.1) is 0 Å². The first kappa shape index (κ1) is 35.3. The monoisotopic (exact) mass is 779 g/mol. The lowest BCUT2D eigenvalue weighted by atomic mass is 9.78. The van der Waals surface area contributed by atoms with Crippen molar-refractivity contribution in [2.45, 2.75) is 19.3 Å². The Bertz CT molecular complexity index is 3400. The summed E-state index contributed by atoms with van der Waals surface area (Å²) in [6.07, 6.45) is 0. The number of para-hydroxylation sites is 1. The molecule has 0 saturated carbocycles. The molecule has 0 amide bonds. The summed E-state index contributed by atoms with van der Waals surface area (Å²) in [5.74, 6) is 0. The van der Waals surface area contributed by atoms with E-state index in [4.69, 9.17) is 4.42 Å². The number of nitrogens with zero attached hydrogens (tertiary/aromatic N) is 1. The fraction of sp³-hybridized carbons (Fsp3) is 0.0508. The van der Waals surface area contributed by atoms with Crippen LogP contribution in [0.3, 0.4) is 0 Å². The van der Waals surface area contributed by atoms with Gasteiger partial charge in [0.15, 0.2) is 0 Å². The van der Waals surface area contributed by atoms with E-state index in [0.717, 1.165) is 39.0 Å². The molecule has 0 radical (unpaired) electrons. The molecule has 0 spiro atoms. The van der Waals surface area contributed by atoms with Gasteiger partial charge in [-0.2, -0.15) is 0 Å². The maximum absolute atomic E-state index is 6.35. The van der Waals surface area contributed by atoms with Crippen LogP contribution in [0.25, 0.3) is 88.0 Å². The first-order valence-electron chi connectivity index (χ1n) is 21.2. The van der Waals surface area contributed by atoms with E-state index in [2.05, 4.69) is 225 Å². The lowest BCUT2D eigenvalue weighted by Crippen LogP contribution is -2.17. The molecule has 0 N–H and O–H groups in total. The first-order valence-corrected chi connectivity index (χ1v) is 21.2. The Labute approximate surface area is 355 Å². The molecule has 0 fully saturated rings. The molecule has 11 aromatic rings. The third-order valence-corrected chi connectivity index (χ3v) is 13.0. The molecule has 0 bridgehead atoms. The maximum Gasteiger partial charge on any atom is 0.135 e. The number of anilines is 3. The molecule has 10 aromatic carbocycles. The van der Waals surface area contributed by atoms with E-state index in [1.54, 1.807) is 0 Å². The first-order chi connectivity index (χ1) is 30.0. The highest BCUT2D eigenvalue weighted by molar-refractivity contribution is 6.07. The Morgan fingerprint density at radius 3 is 1.54 bits per heavy atom. The zero-order valence-corrected chi connectivity index (χ0v) is 34.1. The van der Waals surface area contributed by atoms with E-state index < -0.39 is 0 Å². The SMILES string of the molecule is CC1(C)c2ccccc2-c2cc(N(c3cccc(-c4cccc5ccccc45)c3)c3cccc(-c4cccc5ccccc45)c3)cc(-c3ccc4oc5ccccc5c4c3)c21. The van der Waals surface area contributed by atoms with Gasteiger partial charge in [-0.05, 0) is 132 Å². The zero-order valence-electron chi connectivity index (χ0n) is 34.1. The predicted octanol–water partition coefficient (Wildman–Crippen LogP) is 16.7. The summed E-state index contributed by atoms with van der Waals surface area (Å²) in [7, 11) is 0. The van der Waals surface area contributed by atoms with Crippen molar-refractivity contribution in [2.24, 2.45) is 0 Å². The molecule has 288 valence electrons. The lowest BCUT2D eigenvalue weighted by Gasteiger charge is -2.30. The summed E-state index contributed by atoms with van der Waals surface area (Å²) in [5, 5.41) is 7.21. The second kappa shape index (κ2) is 13.7. The van der Waals surface area contributed by atoms with E-state index >= 15 is 0 Å². The van der Waals surface area contributed by atoms with Gasteiger partial charge in [-0.1, -0.05) is 172 Å². The molecule has 1 aromatic heterocycles. The molecular formula is C59H41NO. The largest absolute Gasteiger partial charge is 0.456 e. The third kappa shape index (κ3) is 5.64. The van der Waals surface area contributed by atoms with Crippen LogP contribution in [-0.4, -0.2) is 0 Å². The fourth-order valence-corrected chi connectivity index (χ4v) is 10.2. The predicted molar refractivity (Wildman–Crippen MR) is 257 cm³/mol. The number of hydrogen-bond acceptors (Lipinski definition) is 2. The molecule has 2 nitrogen and oxygen atoms in total. The van der Waals surface area contributed by atoms with E-state index in [-0.39, 0.29) is 5.41 Å². The Kier molecular flexibility index (Phi) is 7.92. The summed E-state index contributed by atoms with van der Waals surface area (Å²) in [5.41, 5.74) is 17.3. The number of furan rings is 1. The van der Waals surface area contributed by atoms with Crippen molar-refractivity contribution in [3.8, 4) is 44.5 Å². The van der Waals surface area contributed by atoms with E-state index in [1.807, 2.05) is 6.07 Å². The van der Waals surface area contributed by atoms with Crippen LogP contribution in [0.2, 0.25) is 0 Å². The van der Waals surface area contributed by atoms with Crippen LogP contribution >= 0.6 is 0 Å². The molecule has 1 aliphatic carbocycles. The third-order valence-electron chi connectivity index (χ3n) is 13.0. The highest BCUT2D eigenvalue weighted by Gasteiger charge is 2.38. The molecule has 0 aliphatic heterocycles. The number of rotatable bonds is 6. The van der Waals surface area contributed by atoms with Crippen LogP contribution in [0.5, 0.6) is 0 Å². The summed E-state index contributed by atoms with van der Waals surface area (Å²) in [6, 6.07) is 77.7. The summed E-state index contributed by atoms with van der Waals surface area (Å²) < 4.78 is 6.35. The highest BCUT2D eigenvalue weighted by Crippen LogP contribution is 2.55. The lowest BCUT2D eigenvalue weighted by molar-refractivity contribution is 0.662. The standard InChI is InChI=1S/C59H41NO/c1-59(2)55-29-9-7-25-50(55)54-37-45(36-52(58(54)59)42-31-32-57-53(35-42)51-26-8-10-30-56(51)61-57)60(43-21-11-19-40(33-43)48-27-13-17-38-15-3-5-23-46(38)48)44-22-12-20-41(34-44)49-28-14-18-39-16-4-6-24-47(39)49/h3-37H,1-2H3. The van der Waals surface area contributed by atoms with Gasteiger partial charge < -0.3 is 9.32 Å². The summed E-state index contributed by atoms with van der Waals surface area (Å²) in [6.45, 7) is 4.76. The van der Waals surface area contributed by atoms with Gasteiger partial charge in [-0.3, -0.25) is 0 Å². The van der Waals surface area contributed by atoms with Crippen molar-refractivity contribution in [3.63, 3.8) is 0 Å². The van der Waals surface area contributed by atoms with Crippen molar-refractivity contribution in [3.05, 3.63) is 223 Å². The molecular weight excluding hydrogens is 739 g/mol. The van der Waals surface area contributed by atoms with Gasteiger partial charge in [-0.25, -0.2) is 0 Å². The number of fused-ring (bicyclic) bond motifs is 8. The van der Waals surface area contributed by atoms with Crippen LogP contribution in [0.1, 0.15) is 25.0 Å². The van der Waals surface area contributed by atoms with E-state index in [1.165, 1.54) is 77.2 Å². The van der Waals surface area contributed by atoms with Gasteiger partial charge in [0, 0.05) is 33.2 Å². The average Bonchev–Trinajstić information content (AvgIpc) is 3.80. The quantitative estimate of drug-likeness (QED) is 0.167. The molecule has 0 unspecified atom stereocenters. The van der Waals surface area contributed by atoms with Crippen molar-refractivity contribution in [1.29, 1.82) is 0 Å². The Hall–Kier alpha value is -7.68. The van der Waals surface area contributed by atoms with Gasteiger partial charge in [0.25, 0.3) is 0 Å². The molecule has 0 saturated heterocycles. The molecule has 2 heteroatoms. The number of benzene rings is 10. The van der Waals surface area contributed by atoms with Gasteiger partial charge in [0.2, 0.25) is 0 Å². The maximum atomic E-state index is 6.35. The average molecular weight is 780 g/mol. The zero-order chi connectivity index (χ0) is 40.7. The minimum atomic E-state index is -0.222. The van der Waals surface area contributed by atoms with Crippen molar-refractivity contribution in [1.82, 2.24) is 0 Å². The van der Waals surface area contributed by atoms with Gasteiger partial charge in [0.1, 0.15) is 11.2 Å². The topological polar surface area (TPSA) is 16.4 Å². The minimum Gasteiger partial charge on any atom is -0.456 e. The Morgan fingerprint density at radius 2 is 0.852 bits per heavy atom. The molecule has 61 heavy (non-hydrogen) atoms. The molecule has 1 aliphatic rings. The van der Waals surface area contributed by atoms with E-state index in [0.29, 0.717) is 0 Å². The molecule has 1 heterocycles. The second-order valence-electron chi connectivity index (χ2n) is 16.9. The van der Waals surface area contributed by atoms with E-state index in [9.17, 15) is 0 Å². The summed E-state index contributed by atoms with van der Waals surface area (Å²) >= 11 is 0. The van der Waals surface area contributed by atoms with Crippen LogP contribution < -0.4 is 4.90 Å². The molecule has 12 rings (SSSR count). The molecule has 0 atom stereocenters. The summed E-state index contributed by atoms with van der Waals surface area (Å²) in [4.78, 5) is 2.47. The van der Waals surface area contributed by atoms with Crippen molar-refractivity contribution < 1.29 is 4.42 Å². The normalized spacial score (nSPS) is 12.9. The van der Waals surface area contributed by atoms with Crippen LogP contribution in [0.15, 0.2) is 217 Å². The van der Waals surface area contributed by atoms with Crippen molar-refractivity contribution >= 4 is 60.5 Å². The Morgan fingerprint density at radius 1 is 0.344 bits per heavy atom. The highest BCUT2D eigenvalue weighted by atomic mass is 16.3.